The van der Waals surface area contributed by atoms with Crippen LogP contribution in [0.4, 0.5) is 5.69 Å². The van der Waals surface area contributed by atoms with Crippen LogP contribution in [0.3, 0.4) is 0 Å². The zero-order valence-electron chi connectivity index (χ0n) is 14.6. The molecule has 0 saturated heterocycles. The highest BCUT2D eigenvalue weighted by molar-refractivity contribution is 6.30. The number of carbonyl (C=O) groups excluding carboxylic acids is 1. The number of oxazole rings is 1. The number of tetrazole rings is 1. The molecule has 2 aromatic carbocycles. The van der Waals surface area contributed by atoms with Crippen molar-refractivity contribution in [1.82, 2.24) is 25.2 Å². The second-order valence-electron chi connectivity index (χ2n) is 5.98. The molecular weight excluding hydrogens is 380 g/mol. The van der Waals surface area contributed by atoms with Crippen LogP contribution in [0.15, 0.2) is 65.5 Å². The fraction of sp³-hybridized carbons (Fsp3) is 0.105. The summed E-state index contributed by atoms with van der Waals surface area (Å²) < 4.78 is 7.23. The van der Waals surface area contributed by atoms with Crippen LogP contribution in [0.2, 0.25) is 5.02 Å². The number of anilines is 1. The molecule has 2 aromatic heterocycles. The Bertz CT molecular complexity index is 1080. The van der Waals surface area contributed by atoms with Gasteiger partial charge in [-0.3, -0.25) is 4.79 Å². The van der Waals surface area contributed by atoms with Crippen molar-refractivity contribution in [3.05, 3.63) is 72.0 Å². The van der Waals surface area contributed by atoms with Gasteiger partial charge < -0.3 is 9.73 Å². The van der Waals surface area contributed by atoms with E-state index in [1.807, 2.05) is 24.3 Å². The molecule has 0 atom stereocenters. The SMILES string of the molecule is O=C(CCc1ncc(-c2ccc(Cl)cc2)o1)Nc1cccc(-n2cnnn2)c1. The Balaban J connectivity index is 1.35. The van der Waals surface area contributed by atoms with E-state index in [1.54, 1.807) is 30.5 Å². The lowest BCUT2D eigenvalue weighted by molar-refractivity contribution is -0.116. The van der Waals surface area contributed by atoms with Gasteiger partial charge in [0.2, 0.25) is 5.91 Å². The molecule has 0 aliphatic rings. The Morgan fingerprint density at radius 3 is 2.82 bits per heavy atom. The maximum Gasteiger partial charge on any atom is 0.224 e. The maximum atomic E-state index is 12.3. The van der Waals surface area contributed by atoms with Crippen LogP contribution in [0, 0.1) is 0 Å². The standard InChI is InChI=1S/C19H15ClN6O2/c20-14-6-4-13(5-7-14)17-11-21-19(28-17)9-8-18(27)23-15-2-1-3-16(10-15)26-12-22-24-25-26/h1-7,10-12H,8-9H2,(H,23,27). The van der Waals surface area contributed by atoms with E-state index in [4.69, 9.17) is 16.0 Å². The van der Waals surface area contributed by atoms with Crippen molar-refractivity contribution >= 4 is 23.2 Å². The van der Waals surface area contributed by atoms with Crippen LogP contribution in [0.1, 0.15) is 12.3 Å². The first kappa shape index (κ1) is 17.9. The van der Waals surface area contributed by atoms with Gasteiger partial charge in [0.1, 0.15) is 6.33 Å². The molecule has 0 aliphatic carbocycles. The van der Waals surface area contributed by atoms with Gasteiger partial charge in [0.15, 0.2) is 11.7 Å². The van der Waals surface area contributed by atoms with E-state index in [1.165, 1.54) is 11.0 Å². The molecule has 2 heterocycles. The molecule has 28 heavy (non-hydrogen) atoms. The van der Waals surface area contributed by atoms with Crippen LogP contribution in [0.25, 0.3) is 17.0 Å². The largest absolute Gasteiger partial charge is 0.441 e. The molecule has 0 radical (unpaired) electrons. The molecule has 0 bridgehead atoms. The van der Waals surface area contributed by atoms with Crippen molar-refractivity contribution in [3.63, 3.8) is 0 Å². The minimum Gasteiger partial charge on any atom is -0.441 e. The first-order valence-corrected chi connectivity index (χ1v) is 8.89. The summed E-state index contributed by atoms with van der Waals surface area (Å²) in [5.74, 6) is 1.00. The van der Waals surface area contributed by atoms with E-state index in [-0.39, 0.29) is 12.3 Å². The highest BCUT2D eigenvalue weighted by atomic mass is 35.5. The molecule has 0 unspecified atom stereocenters. The Labute approximate surface area is 165 Å². The van der Waals surface area contributed by atoms with Crippen LogP contribution >= 0.6 is 11.6 Å². The van der Waals surface area contributed by atoms with Gasteiger partial charge >= 0.3 is 0 Å². The number of benzene rings is 2. The topological polar surface area (TPSA) is 98.7 Å². The third-order valence-corrected chi connectivity index (χ3v) is 4.24. The van der Waals surface area contributed by atoms with Gasteiger partial charge in [-0.25, -0.2) is 9.67 Å². The lowest BCUT2D eigenvalue weighted by atomic mass is 10.2. The van der Waals surface area contributed by atoms with E-state index >= 15 is 0 Å². The summed E-state index contributed by atoms with van der Waals surface area (Å²) in [4.78, 5) is 16.5. The number of nitrogens with one attached hydrogen (secondary N) is 1. The molecule has 9 heteroatoms. The van der Waals surface area contributed by atoms with Crippen molar-refractivity contribution in [1.29, 1.82) is 0 Å². The van der Waals surface area contributed by atoms with Crippen LogP contribution in [-0.2, 0) is 11.2 Å². The lowest BCUT2D eigenvalue weighted by Crippen LogP contribution is -2.12. The Kier molecular flexibility index (Phi) is 5.11. The Morgan fingerprint density at radius 1 is 1.18 bits per heavy atom. The molecule has 1 N–H and O–H groups in total. The Morgan fingerprint density at radius 2 is 2.04 bits per heavy atom. The number of amides is 1. The number of hydrogen-bond donors (Lipinski definition) is 1. The second-order valence-corrected chi connectivity index (χ2v) is 6.41. The molecule has 1 amide bonds. The molecule has 4 aromatic rings. The number of rotatable bonds is 6. The van der Waals surface area contributed by atoms with Gasteiger partial charge in [-0.2, -0.15) is 0 Å². The minimum absolute atomic E-state index is 0.139. The number of hydrogen-bond acceptors (Lipinski definition) is 6. The predicted octanol–water partition coefficient (Wildman–Crippen LogP) is 3.54. The summed E-state index contributed by atoms with van der Waals surface area (Å²) in [6, 6.07) is 14.5. The summed E-state index contributed by atoms with van der Waals surface area (Å²) in [5.41, 5.74) is 2.29. The van der Waals surface area contributed by atoms with Gasteiger partial charge in [-0.1, -0.05) is 17.7 Å². The molecular formula is C19H15ClN6O2. The smallest absolute Gasteiger partial charge is 0.224 e. The summed E-state index contributed by atoms with van der Waals surface area (Å²) in [5, 5.41) is 14.5. The fourth-order valence-corrected chi connectivity index (χ4v) is 2.75. The lowest BCUT2D eigenvalue weighted by Gasteiger charge is -2.06. The van der Waals surface area contributed by atoms with Crippen molar-refractivity contribution in [2.75, 3.05) is 5.32 Å². The fourth-order valence-electron chi connectivity index (χ4n) is 2.62. The zero-order valence-corrected chi connectivity index (χ0v) is 15.4. The van der Waals surface area contributed by atoms with Gasteiger partial charge in [-0.05, 0) is 52.9 Å². The van der Waals surface area contributed by atoms with Crippen molar-refractivity contribution in [2.45, 2.75) is 12.8 Å². The predicted molar refractivity (Wildman–Crippen MR) is 103 cm³/mol. The zero-order chi connectivity index (χ0) is 19.3. The average Bonchev–Trinajstić information content (AvgIpc) is 3.40. The van der Waals surface area contributed by atoms with Crippen LogP contribution in [-0.4, -0.2) is 31.1 Å². The van der Waals surface area contributed by atoms with Gasteiger partial charge in [-0.15, -0.1) is 5.10 Å². The van der Waals surface area contributed by atoms with E-state index in [0.29, 0.717) is 28.8 Å². The Hall–Kier alpha value is -3.52. The first-order chi connectivity index (χ1) is 13.7. The number of carbonyl (C=O) groups is 1. The maximum absolute atomic E-state index is 12.3. The minimum atomic E-state index is -0.139. The summed E-state index contributed by atoms with van der Waals surface area (Å²) >= 11 is 5.89. The first-order valence-electron chi connectivity index (χ1n) is 8.51. The van der Waals surface area contributed by atoms with Gasteiger partial charge in [0, 0.05) is 29.1 Å². The normalized spacial score (nSPS) is 10.8. The van der Waals surface area contributed by atoms with E-state index < -0.39 is 0 Å². The van der Waals surface area contributed by atoms with E-state index in [9.17, 15) is 4.79 Å². The summed E-state index contributed by atoms with van der Waals surface area (Å²) in [6.45, 7) is 0. The molecule has 8 nitrogen and oxygen atoms in total. The number of aryl methyl sites for hydroxylation is 1. The highest BCUT2D eigenvalue weighted by Crippen LogP contribution is 2.23. The van der Waals surface area contributed by atoms with Crippen molar-refractivity contribution < 1.29 is 9.21 Å². The third-order valence-electron chi connectivity index (χ3n) is 3.99. The van der Waals surface area contributed by atoms with Crippen molar-refractivity contribution in [2.24, 2.45) is 0 Å². The number of halogens is 1. The molecule has 0 saturated carbocycles. The average molecular weight is 395 g/mol. The third kappa shape index (κ3) is 4.24. The highest BCUT2D eigenvalue weighted by Gasteiger charge is 2.10. The molecule has 0 spiro atoms. The monoisotopic (exact) mass is 394 g/mol. The number of nitrogens with zero attached hydrogens (tertiary/aromatic N) is 5. The molecule has 0 fully saturated rings. The summed E-state index contributed by atoms with van der Waals surface area (Å²) in [7, 11) is 0. The van der Waals surface area contributed by atoms with E-state index in [2.05, 4.69) is 25.8 Å². The van der Waals surface area contributed by atoms with Gasteiger partial charge in [0.25, 0.3) is 0 Å². The molecule has 0 aliphatic heterocycles. The van der Waals surface area contributed by atoms with E-state index in [0.717, 1.165) is 11.3 Å². The van der Waals surface area contributed by atoms with Crippen LogP contribution in [0.5, 0.6) is 0 Å². The number of aromatic nitrogens is 5. The summed E-state index contributed by atoms with van der Waals surface area (Å²) in [6.07, 6.45) is 3.77. The quantitative estimate of drug-likeness (QED) is 0.537. The molecule has 140 valence electrons. The second kappa shape index (κ2) is 8.01. The molecule has 4 rings (SSSR count). The van der Waals surface area contributed by atoms with Crippen LogP contribution < -0.4 is 5.32 Å². The van der Waals surface area contributed by atoms with Gasteiger partial charge in [0.05, 0.1) is 11.9 Å². The van der Waals surface area contributed by atoms with Crippen molar-refractivity contribution in [3.8, 4) is 17.0 Å².